The maximum atomic E-state index is 10.4. The summed E-state index contributed by atoms with van der Waals surface area (Å²) in [5, 5.41) is 36.0. The van der Waals surface area contributed by atoms with Crippen LogP contribution in [-0.4, -0.2) is 32.4 Å². The first-order chi connectivity index (χ1) is 7.41. The number of carboxylic acids is 1. The zero-order valence-electron chi connectivity index (χ0n) is 8.42. The Labute approximate surface area is 91.6 Å². The summed E-state index contributed by atoms with van der Waals surface area (Å²) in [6.07, 6.45) is 0.466. The molecule has 0 fully saturated rings. The van der Waals surface area contributed by atoms with Crippen molar-refractivity contribution >= 4 is 5.97 Å². The molecule has 16 heavy (non-hydrogen) atoms. The van der Waals surface area contributed by atoms with Crippen LogP contribution in [0.15, 0.2) is 12.1 Å². The second-order valence-corrected chi connectivity index (χ2v) is 3.47. The molecule has 0 bridgehead atoms. The van der Waals surface area contributed by atoms with Crippen LogP contribution >= 0.6 is 0 Å². The number of aryl methyl sites for hydroxylation is 1. The van der Waals surface area contributed by atoms with Crippen molar-refractivity contribution in [2.24, 2.45) is 5.73 Å². The molecule has 0 radical (unpaired) electrons. The first-order valence-electron chi connectivity index (χ1n) is 4.64. The molecule has 0 saturated carbocycles. The number of hydrogen-bond acceptors (Lipinski definition) is 5. The molecule has 0 aliphatic heterocycles. The van der Waals surface area contributed by atoms with Crippen molar-refractivity contribution in [2.75, 3.05) is 0 Å². The lowest BCUT2D eigenvalue weighted by molar-refractivity contribution is -0.138. The van der Waals surface area contributed by atoms with Crippen molar-refractivity contribution in [1.82, 2.24) is 0 Å². The van der Waals surface area contributed by atoms with E-state index in [1.165, 1.54) is 12.1 Å². The Morgan fingerprint density at radius 3 is 2.19 bits per heavy atom. The van der Waals surface area contributed by atoms with Gasteiger partial charge in [-0.3, -0.25) is 4.79 Å². The van der Waals surface area contributed by atoms with E-state index in [0.717, 1.165) is 0 Å². The van der Waals surface area contributed by atoms with Gasteiger partial charge in [0.1, 0.15) is 6.04 Å². The van der Waals surface area contributed by atoms with Gasteiger partial charge in [0.2, 0.25) is 0 Å². The number of carbonyl (C=O) groups is 1. The van der Waals surface area contributed by atoms with Gasteiger partial charge in [0.15, 0.2) is 17.2 Å². The van der Waals surface area contributed by atoms with Crippen LogP contribution in [0.25, 0.3) is 0 Å². The number of rotatable bonds is 4. The second-order valence-electron chi connectivity index (χ2n) is 3.47. The molecule has 1 aromatic carbocycles. The zero-order valence-corrected chi connectivity index (χ0v) is 8.42. The number of phenols is 3. The quantitative estimate of drug-likeness (QED) is 0.466. The lowest BCUT2D eigenvalue weighted by Crippen LogP contribution is -2.30. The molecule has 1 unspecified atom stereocenters. The number of phenolic OH excluding ortho intramolecular Hbond substituents is 3. The Morgan fingerprint density at radius 1 is 1.25 bits per heavy atom. The third-order valence-corrected chi connectivity index (χ3v) is 2.19. The highest BCUT2D eigenvalue weighted by Crippen LogP contribution is 2.35. The molecule has 1 atom stereocenters. The molecule has 0 heterocycles. The molecular weight excluding hydrogens is 214 g/mol. The summed E-state index contributed by atoms with van der Waals surface area (Å²) in [6, 6.07) is 1.52. The normalized spacial score (nSPS) is 12.3. The monoisotopic (exact) mass is 227 g/mol. The number of carboxylic acid groups (broad SMARTS) is 1. The summed E-state index contributed by atoms with van der Waals surface area (Å²) >= 11 is 0. The molecule has 6 heteroatoms. The van der Waals surface area contributed by atoms with Gasteiger partial charge in [0.05, 0.1) is 0 Å². The molecule has 0 aromatic heterocycles. The van der Waals surface area contributed by atoms with Gasteiger partial charge in [-0.25, -0.2) is 0 Å². The third kappa shape index (κ3) is 2.77. The minimum Gasteiger partial charge on any atom is -0.504 e. The summed E-state index contributed by atoms with van der Waals surface area (Å²) in [4.78, 5) is 10.4. The van der Waals surface area contributed by atoms with E-state index in [9.17, 15) is 15.0 Å². The van der Waals surface area contributed by atoms with E-state index in [2.05, 4.69) is 0 Å². The SMILES string of the molecule is NC(CCc1cc(O)c(O)c(O)c1)C(=O)O. The van der Waals surface area contributed by atoms with Crippen molar-refractivity contribution in [3.8, 4) is 17.2 Å². The average molecular weight is 227 g/mol. The minimum absolute atomic E-state index is 0.180. The number of aromatic hydroxyl groups is 3. The predicted molar refractivity (Wildman–Crippen MR) is 55.4 cm³/mol. The summed E-state index contributed by atoms with van der Waals surface area (Å²) in [6.45, 7) is 0. The van der Waals surface area contributed by atoms with Crippen molar-refractivity contribution in [2.45, 2.75) is 18.9 Å². The van der Waals surface area contributed by atoms with Crippen molar-refractivity contribution < 1.29 is 25.2 Å². The number of benzene rings is 1. The van der Waals surface area contributed by atoms with Gasteiger partial charge in [-0.2, -0.15) is 0 Å². The topological polar surface area (TPSA) is 124 Å². The van der Waals surface area contributed by atoms with Gasteiger partial charge in [0.25, 0.3) is 0 Å². The average Bonchev–Trinajstić information content (AvgIpc) is 2.22. The van der Waals surface area contributed by atoms with Gasteiger partial charge in [-0.15, -0.1) is 0 Å². The fourth-order valence-electron chi connectivity index (χ4n) is 1.25. The number of nitrogens with two attached hydrogens (primary N) is 1. The first kappa shape index (κ1) is 12.1. The maximum absolute atomic E-state index is 10.4. The fraction of sp³-hybridized carbons (Fsp3) is 0.300. The maximum Gasteiger partial charge on any atom is 0.320 e. The second kappa shape index (κ2) is 4.71. The molecule has 1 rings (SSSR count). The van der Waals surface area contributed by atoms with E-state index >= 15 is 0 Å². The predicted octanol–water partition coefficient (Wildman–Crippen LogP) is 0.148. The van der Waals surface area contributed by atoms with Crippen LogP contribution in [0.5, 0.6) is 17.2 Å². The van der Waals surface area contributed by atoms with Crippen molar-refractivity contribution in [1.29, 1.82) is 0 Å². The smallest absolute Gasteiger partial charge is 0.320 e. The molecule has 0 spiro atoms. The fourth-order valence-corrected chi connectivity index (χ4v) is 1.25. The number of hydrogen-bond donors (Lipinski definition) is 5. The summed E-state index contributed by atoms with van der Waals surface area (Å²) in [7, 11) is 0. The molecule has 88 valence electrons. The Hall–Kier alpha value is -1.95. The largest absolute Gasteiger partial charge is 0.504 e. The molecule has 0 aliphatic rings. The van der Waals surface area contributed by atoms with E-state index in [1.807, 2.05) is 0 Å². The van der Waals surface area contributed by atoms with Crippen molar-refractivity contribution in [3.63, 3.8) is 0 Å². The standard InChI is InChI=1S/C10H13NO5/c11-6(10(15)16)2-1-5-3-7(12)9(14)8(13)4-5/h3-4,6,12-14H,1-2,11H2,(H,15,16). The molecule has 1 aromatic rings. The van der Waals surface area contributed by atoms with Crippen molar-refractivity contribution in [3.05, 3.63) is 17.7 Å². The summed E-state index contributed by atoms with van der Waals surface area (Å²) in [5.74, 6) is -2.59. The van der Waals surface area contributed by atoms with Gasteiger partial charge in [-0.05, 0) is 30.5 Å². The van der Waals surface area contributed by atoms with Crippen LogP contribution in [0.1, 0.15) is 12.0 Å². The molecule has 0 aliphatic carbocycles. The highest BCUT2D eigenvalue weighted by Gasteiger charge is 2.13. The van der Waals surface area contributed by atoms with E-state index in [4.69, 9.17) is 15.9 Å². The van der Waals surface area contributed by atoms with Crippen LogP contribution in [0.4, 0.5) is 0 Å². The molecule has 6 N–H and O–H groups in total. The van der Waals surface area contributed by atoms with Crippen LogP contribution in [0, 0.1) is 0 Å². The highest BCUT2D eigenvalue weighted by atomic mass is 16.4. The lowest BCUT2D eigenvalue weighted by Gasteiger charge is -2.08. The van der Waals surface area contributed by atoms with E-state index in [1.54, 1.807) is 0 Å². The minimum atomic E-state index is -1.10. The van der Waals surface area contributed by atoms with Gasteiger partial charge >= 0.3 is 5.97 Å². The molecule has 0 amide bonds. The first-order valence-corrected chi connectivity index (χ1v) is 4.64. The van der Waals surface area contributed by atoms with E-state index in [-0.39, 0.29) is 12.8 Å². The van der Waals surface area contributed by atoms with Crippen LogP contribution in [-0.2, 0) is 11.2 Å². The summed E-state index contributed by atoms with van der Waals surface area (Å²) < 4.78 is 0. The van der Waals surface area contributed by atoms with Crippen LogP contribution < -0.4 is 5.73 Å². The Bertz CT molecular complexity index is 381. The molecule has 6 nitrogen and oxygen atoms in total. The summed E-state index contributed by atoms with van der Waals surface area (Å²) in [5.41, 5.74) is 5.80. The Kier molecular flexibility index (Phi) is 3.57. The molecule has 0 saturated heterocycles. The van der Waals surface area contributed by atoms with Gasteiger partial charge in [0, 0.05) is 0 Å². The number of aliphatic carboxylic acids is 1. The van der Waals surface area contributed by atoms with Gasteiger partial charge < -0.3 is 26.2 Å². The van der Waals surface area contributed by atoms with Gasteiger partial charge in [-0.1, -0.05) is 0 Å². The van der Waals surface area contributed by atoms with Crippen LogP contribution in [0.2, 0.25) is 0 Å². The zero-order chi connectivity index (χ0) is 12.3. The molecular formula is C10H13NO5. The van der Waals surface area contributed by atoms with Crippen LogP contribution in [0.3, 0.4) is 0 Å². The lowest BCUT2D eigenvalue weighted by atomic mass is 10.0. The Morgan fingerprint density at radius 2 is 1.75 bits per heavy atom. The highest BCUT2D eigenvalue weighted by molar-refractivity contribution is 5.73. The van der Waals surface area contributed by atoms with E-state index in [0.29, 0.717) is 5.56 Å². The Balaban J connectivity index is 2.72. The van der Waals surface area contributed by atoms with E-state index < -0.39 is 29.3 Å². The third-order valence-electron chi connectivity index (χ3n) is 2.19.